The van der Waals surface area contributed by atoms with Crippen molar-refractivity contribution in [3.63, 3.8) is 0 Å². The van der Waals surface area contributed by atoms with Gasteiger partial charge in [0, 0.05) is 17.0 Å². The summed E-state index contributed by atoms with van der Waals surface area (Å²) in [6, 6.07) is 0.747. The fourth-order valence-corrected chi connectivity index (χ4v) is 5.16. The van der Waals surface area contributed by atoms with E-state index >= 15 is 0 Å². The van der Waals surface area contributed by atoms with Gasteiger partial charge >= 0.3 is 5.97 Å². The van der Waals surface area contributed by atoms with E-state index in [4.69, 9.17) is 10.8 Å². The molecule has 4 N–H and O–H groups in total. The van der Waals surface area contributed by atoms with Crippen LogP contribution in [0.15, 0.2) is 11.0 Å². The predicted molar refractivity (Wildman–Crippen MR) is 76.6 cm³/mol. The Kier molecular flexibility index (Phi) is 4.48. The van der Waals surface area contributed by atoms with Gasteiger partial charge < -0.3 is 10.8 Å². The minimum absolute atomic E-state index is 0.0239. The first-order chi connectivity index (χ1) is 9.31. The van der Waals surface area contributed by atoms with Crippen LogP contribution in [0.5, 0.6) is 0 Å². The van der Waals surface area contributed by atoms with Gasteiger partial charge in [0.15, 0.2) is 0 Å². The van der Waals surface area contributed by atoms with E-state index in [1.54, 1.807) is 6.92 Å². The van der Waals surface area contributed by atoms with Crippen molar-refractivity contribution in [1.29, 1.82) is 0 Å². The second-order valence-electron chi connectivity index (χ2n) is 5.01. The van der Waals surface area contributed by atoms with E-state index in [-0.39, 0.29) is 21.9 Å². The Morgan fingerprint density at radius 3 is 2.65 bits per heavy atom. The lowest BCUT2D eigenvalue weighted by Gasteiger charge is -2.28. The van der Waals surface area contributed by atoms with Crippen molar-refractivity contribution in [3.05, 3.63) is 15.8 Å². The molecule has 6 nitrogen and oxygen atoms in total. The van der Waals surface area contributed by atoms with Crippen molar-refractivity contribution in [1.82, 2.24) is 4.72 Å². The number of carbonyl (C=O) groups is 1. The van der Waals surface area contributed by atoms with Crippen molar-refractivity contribution in [2.75, 3.05) is 0 Å². The number of nitrogens with one attached hydrogen (secondary N) is 1. The number of thiophene rings is 1. The lowest BCUT2D eigenvalue weighted by molar-refractivity contribution is 0.0702. The molecule has 0 aliphatic heterocycles. The van der Waals surface area contributed by atoms with Gasteiger partial charge in [-0.25, -0.2) is 17.9 Å². The number of hydrogen-bond acceptors (Lipinski definition) is 5. The molecule has 1 heterocycles. The van der Waals surface area contributed by atoms with Crippen LogP contribution in [0.2, 0.25) is 0 Å². The Hall–Kier alpha value is -0.960. The Labute approximate surface area is 122 Å². The maximum absolute atomic E-state index is 12.3. The zero-order chi connectivity index (χ0) is 14.9. The average molecular weight is 318 g/mol. The molecule has 0 bridgehead atoms. The second kappa shape index (κ2) is 5.80. The minimum atomic E-state index is -3.72. The molecule has 2 unspecified atom stereocenters. The predicted octanol–water partition coefficient (Wildman–Crippen LogP) is 1.30. The molecule has 1 aromatic rings. The molecular formula is C12H18N2O4S2. The van der Waals surface area contributed by atoms with Crippen LogP contribution < -0.4 is 10.5 Å². The number of aromatic carboxylic acids is 1. The van der Waals surface area contributed by atoms with Crippen molar-refractivity contribution < 1.29 is 18.3 Å². The molecule has 0 amide bonds. The maximum Gasteiger partial charge on any atom is 0.345 e. The molecule has 2 atom stereocenters. The summed E-state index contributed by atoms with van der Waals surface area (Å²) in [5.74, 6) is -1.12. The topological polar surface area (TPSA) is 109 Å². The highest BCUT2D eigenvalue weighted by molar-refractivity contribution is 7.89. The largest absolute Gasteiger partial charge is 0.477 e. The molecule has 0 saturated heterocycles. The zero-order valence-corrected chi connectivity index (χ0v) is 12.8. The number of rotatable bonds is 4. The van der Waals surface area contributed by atoms with Gasteiger partial charge in [0.05, 0.1) is 4.90 Å². The summed E-state index contributed by atoms with van der Waals surface area (Å²) in [5.41, 5.74) is 5.94. The molecule has 112 valence electrons. The fraction of sp³-hybridized carbons (Fsp3) is 0.583. The highest BCUT2D eigenvalue weighted by Gasteiger charge is 2.29. The molecule has 0 spiro atoms. The zero-order valence-electron chi connectivity index (χ0n) is 11.1. The number of hydrogen-bond donors (Lipinski definition) is 3. The van der Waals surface area contributed by atoms with Crippen molar-refractivity contribution in [2.24, 2.45) is 5.73 Å². The Bertz CT molecular complexity index is 609. The van der Waals surface area contributed by atoms with Crippen LogP contribution in [0, 0.1) is 6.92 Å². The normalized spacial score (nSPS) is 23.7. The van der Waals surface area contributed by atoms with Gasteiger partial charge in [0.1, 0.15) is 4.88 Å². The molecule has 20 heavy (non-hydrogen) atoms. The van der Waals surface area contributed by atoms with E-state index in [0.29, 0.717) is 4.88 Å². The van der Waals surface area contributed by atoms with Gasteiger partial charge in [-0.2, -0.15) is 0 Å². The van der Waals surface area contributed by atoms with Crippen LogP contribution in [0.4, 0.5) is 0 Å². The number of sulfonamides is 1. The number of carboxylic acid groups (broad SMARTS) is 1. The Morgan fingerprint density at radius 1 is 1.45 bits per heavy atom. The quantitative estimate of drug-likeness (QED) is 0.775. The summed E-state index contributed by atoms with van der Waals surface area (Å²) >= 11 is 0.962. The number of nitrogens with two attached hydrogens (primary N) is 1. The van der Waals surface area contributed by atoms with Crippen LogP contribution in [0.3, 0.4) is 0 Å². The Balaban J connectivity index is 2.24. The molecule has 1 aromatic heterocycles. The summed E-state index contributed by atoms with van der Waals surface area (Å²) in [4.78, 5) is 11.4. The van der Waals surface area contributed by atoms with Gasteiger partial charge in [-0.3, -0.25) is 0 Å². The van der Waals surface area contributed by atoms with Gasteiger partial charge in [-0.1, -0.05) is 12.8 Å². The minimum Gasteiger partial charge on any atom is -0.477 e. The SMILES string of the molecule is Cc1sc(C(=O)O)cc1S(=O)(=O)NC1CCCCC1N. The van der Waals surface area contributed by atoms with Crippen LogP contribution in [-0.2, 0) is 10.0 Å². The van der Waals surface area contributed by atoms with Crippen molar-refractivity contribution in [2.45, 2.75) is 49.6 Å². The standard InChI is InChI=1S/C12H18N2O4S2/c1-7-11(6-10(19-7)12(15)16)20(17,18)14-9-5-3-2-4-8(9)13/h6,8-9,14H,2-5,13H2,1H3,(H,15,16). The van der Waals surface area contributed by atoms with Crippen LogP contribution in [0.1, 0.15) is 40.2 Å². The molecule has 2 rings (SSSR count). The molecule has 8 heteroatoms. The smallest absolute Gasteiger partial charge is 0.345 e. The van der Waals surface area contributed by atoms with E-state index in [2.05, 4.69) is 4.72 Å². The van der Waals surface area contributed by atoms with Gasteiger partial charge in [0.2, 0.25) is 10.0 Å². The highest BCUT2D eigenvalue weighted by atomic mass is 32.2. The number of aryl methyl sites for hydroxylation is 1. The summed E-state index contributed by atoms with van der Waals surface area (Å²) in [6.45, 7) is 1.60. The van der Waals surface area contributed by atoms with Crippen LogP contribution >= 0.6 is 11.3 Å². The summed E-state index contributed by atoms with van der Waals surface area (Å²) < 4.78 is 27.3. The maximum atomic E-state index is 12.3. The van der Waals surface area contributed by atoms with Crippen molar-refractivity contribution in [3.8, 4) is 0 Å². The van der Waals surface area contributed by atoms with Crippen molar-refractivity contribution >= 4 is 27.3 Å². The van der Waals surface area contributed by atoms with Gasteiger partial charge in [0.25, 0.3) is 0 Å². The molecule has 1 fully saturated rings. The lowest BCUT2D eigenvalue weighted by Crippen LogP contribution is -2.49. The highest BCUT2D eigenvalue weighted by Crippen LogP contribution is 2.27. The van der Waals surface area contributed by atoms with E-state index in [0.717, 1.165) is 37.0 Å². The third-order valence-electron chi connectivity index (χ3n) is 3.50. The van der Waals surface area contributed by atoms with E-state index in [1.807, 2.05) is 0 Å². The summed E-state index contributed by atoms with van der Waals surface area (Å²) in [5, 5.41) is 8.93. The number of carboxylic acids is 1. The molecular weight excluding hydrogens is 300 g/mol. The molecule has 0 aromatic carbocycles. The second-order valence-corrected chi connectivity index (χ2v) is 7.95. The molecule has 1 aliphatic carbocycles. The molecule has 1 aliphatic rings. The van der Waals surface area contributed by atoms with Gasteiger partial charge in [-0.05, 0) is 25.8 Å². The first-order valence-corrected chi connectivity index (χ1v) is 8.73. The first-order valence-electron chi connectivity index (χ1n) is 6.43. The molecule has 1 saturated carbocycles. The van der Waals surface area contributed by atoms with E-state index in [1.165, 1.54) is 6.07 Å². The summed E-state index contributed by atoms with van der Waals surface area (Å²) in [6.07, 6.45) is 3.48. The Morgan fingerprint density at radius 2 is 2.10 bits per heavy atom. The summed E-state index contributed by atoms with van der Waals surface area (Å²) in [7, 11) is -3.72. The average Bonchev–Trinajstić information content (AvgIpc) is 2.75. The van der Waals surface area contributed by atoms with Crippen LogP contribution in [-0.4, -0.2) is 31.6 Å². The lowest BCUT2D eigenvalue weighted by atomic mass is 9.92. The fourth-order valence-electron chi connectivity index (χ4n) is 2.41. The third kappa shape index (κ3) is 3.20. The van der Waals surface area contributed by atoms with E-state index < -0.39 is 16.0 Å². The van der Waals surface area contributed by atoms with E-state index in [9.17, 15) is 13.2 Å². The van der Waals surface area contributed by atoms with Gasteiger partial charge in [-0.15, -0.1) is 11.3 Å². The third-order valence-corrected chi connectivity index (χ3v) is 6.28. The molecule has 0 radical (unpaired) electrons. The van der Waals surface area contributed by atoms with Crippen LogP contribution in [0.25, 0.3) is 0 Å². The first kappa shape index (κ1) is 15.4. The monoisotopic (exact) mass is 318 g/mol.